The van der Waals surface area contributed by atoms with Crippen LogP contribution in [0.2, 0.25) is 0 Å². The molecule has 0 atom stereocenters. The Balaban J connectivity index is 0.724. The van der Waals surface area contributed by atoms with E-state index >= 15 is 0 Å². The Hall–Kier alpha value is -14.4. The Labute approximate surface area is 630 Å². The summed E-state index contributed by atoms with van der Waals surface area (Å²) in [5.41, 5.74) is 19.9. The predicted octanol–water partition coefficient (Wildman–Crippen LogP) is 27.2. The van der Waals surface area contributed by atoms with E-state index in [9.17, 15) is 0 Å². The molecule has 0 unspecified atom stereocenters. The summed E-state index contributed by atoms with van der Waals surface area (Å²) in [6, 6.07) is 124. The maximum atomic E-state index is 6.79. The van der Waals surface area contributed by atoms with Crippen LogP contribution in [-0.4, -0.2) is 29.1 Å². The van der Waals surface area contributed by atoms with Gasteiger partial charge in [0.25, 0.3) is 0 Å². The van der Waals surface area contributed by atoms with Crippen molar-refractivity contribution in [1.82, 2.24) is 29.1 Å². The molecule has 0 amide bonds. The summed E-state index contributed by atoms with van der Waals surface area (Å²) in [4.78, 5) is 23.2. The first-order valence-electron chi connectivity index (χ1n) is 37.8. The van der Waals surface area contributed by atoms with Crippen molar-refractivity contribution in [1.29, 1.82) is 0 Å². The van der Waals surface area contributed by atoms with Crippen LogP contribution in [0, 0.1) is 0 Å². The molecule has 1 aliphatic rings. The third-order valence-electron chi connectivity index (χ3n) is 24.1. The van der Waals surface area contributed by atoms with Gasteiger partial charge < -0.3 is 4.42 Å². The highest BCUT2D eigenvalue weighted by Gasteiger charge is 2.41. The van der Waals surface area contributed by atoms with Gasteiger partial charge >= 0.3 is 0 Å². The molecule has 24 rings (SSSR count). The van der Waals surface area contributed by atoms with E-state index in [4.69, 9.17) is 24.4 Å². The van der Waals surface area contributed by atoms with E-state index in [1.54, 1.807) is 0 Å². The molecule has 0 N–H and O–H groups in total. The molecule has 18 aromatic carbocycles. The number of aromatic nitrogens is 6. The maximum absolute atomic E-state index is 6.79. The topological polar surface area (TPSA) is 74.6 Å². The number of benzene rings is 18. The van der Waals surface area contributed by atoms with Gasteiger partial charge in [-0.3, -0.25) is 9.13 Å². The third kappa shape index (κ3) is 8.59. The average molecular weight is 1400 g/mol. The molecule has 0 fully saturated rings. The van der Waals surface area contributed by atoms with Crippen LogP contribution in [0.15, 0.2) is 344 Å². The second-order valence-electron chi connectivity index (χ2n) is 30.2. The number of furan rings is 1. The zero-order valence-corrected chi connectivity index (χ0v) is 59.9. The zero-order chi connectivity index (χ0) is 72.2. The van der Waals surface area contributed by atoms with Crippen LogP contribution >= 0.6 is 0 Å². The largest absolute Gasteiger partial charge is 0.437 e. The number of fused-ring (bicyclic) bond motifs is 30. The second-order valence-corrected chi connectivity index (χ2v) is 30.2. The van der Waals surface area contributed by atoms with E-state index in [0.717, 1.165) is 149 Å². The van der Waals surface area contributed by atoms with Crippen LogP contribution in [0.25, 0.3) is 231 Å². The van der Waals surface area contributed by atoms with Gasteiger partial charge in [0.2, 0.25) is 17.6 Å². The minimum Gasteiger partial charge on any atom is -0.437 e. The maximum Gasteiger partial charge on any atom is 0.238 e. The van der Waals surface area contributed by atoms with Crippen molar-refractivity contribution in [3.63, 3.8) is 0 Å². The van der Waals surface area contributed by atoms with Crippen molar-refractivity contribution >= 4 is 152 Å². The van der Waals surface area contributed by atoms with Crippen molar-refractivity contribution in [3.05, 3.63) is 351 Å². The van der Waals surface area contributed by atoms with Crippen LogP contribution in [0.1, 0.15) is 25.1 Å². The van der Waals surface area contributed by atoms with Crippen LogP contribution in [0.3, 0.4) is 0 Å². The highest BCUT2D eigenvalue weighted by molar-refractivity contribution is 6.38. The Kier molecular flexibility index (Phi) is 12.6. The van der Waals surface area contributed by atoms with Gasteiger partial charge in [-0.2, -0.15) is 4.98 Å². The number of para-hydroxylation sites is 1. The SMILES string of the molecule is CC1(C)c2ccc(-c3ccc4c(c3)c3ccccc3c3ccc5c(c6ccc7ccccc7c6n5-c5nc(-c6ccc(-c7ccccc7)cc6)c6c(n5)oc5ccccc56)c34)cc2-c2c(-c3ccc(-c4ccccc4)cc3)nc(-n3c4ccc5c6ccccc6c6ccccc6c5c4c4ccc5ccccc5c43)nc21. The summed E-state index contributed by atoms with van der Waals surface area (Å²) in [5, 5.41) is 25.5. The van der Waals surface area contributed by atoms with E-state index in [0.29, 0.717) is 17.6 Å². The highest BCUT2D eigenvalue weighted by Crippen LogP contribution is 2.55. The van der Waals surface area contributed by atoms with Crippen LogP contribution in [0.5, 0.6) is 0 Å². The Bertz CT molecular complexity index is 7930. The average Bonchev–Trinajstić information content (AvgIpc) is 1.51. The number of hydrogen-bond acceptors (Lipinski definition) is 5. The molecule has 0 aliphatic heterocycles. The molecule has 0 spiro atoms. The smallest absolute Gasteiger partial charge is 0.238 e. The van der Waals surface area contributed by atoms with Crippen LogP contribution in [-0.2, 0) is 5.41 Å². The third-order valence-corrected chi connectivity index (χ3v) is 24.1. The minimum atomic E-state index is -0.533. The molecule has 0 saturated carbocycles. The van der Waals surface area contributed by atoms with E-state index < -0.39 is 5.41 Å². The minimum absolute atomic E-state index is 0.533. The summed E-state index contributed by atoms with van der Waals surface area (Å²) >= 11 is 0. The molecular formula is C103H62N6O. The van der Waals surface area contributed by atoms with Crippen LogP contribution in [0.4, 0.5) is 0 Å². The van der Waals surface area contributed by atoms with Gasteiger partial charge in [-0.05, 0) is 139 Å². The standard InChI is InChI=1S/C103H62N6O/c1-103(2)85-54-48-68(58-84(85)93-95(65-41-37-61(38-42-65)59-21-5-3-6-22-59)104-101(106-99(93)103)108-86-55-52-77-73-31-14-13-29-71(73)72-30-17-18-34-76(72)89(77)91(86)81-50-45-63-25-9-11-27-69(63)97(81)108)67-47-49-79-83(57-67)75-33-16-15-32-74(75)78-53-56-87-92(90(78)79)82-51-46-64-26-10-12-28-70(64)98(82)109(87)102-105-96(94-80-35-19-20-36-88(80)110-100(94)107-102)66-43-39-62(40-44-66)60-23-7-4-8-24-60/h3-58H,1-2H3. The molecule has 5 aromatic heterocycles. The lowest BCUT2D eigenvalue weighted by atomic mass is 9.84. The molecule has 510 valence electrons. The Morgan fingerprint density at radius 3 is 1.23 bits per heavy atom. The lowest BCUT2D eigenvalue weighted by Gasteiger charge is -2.22. The first kappa shape index (κ1) is 60.8. The van der Waals surface area contributed by atoms with Gasteiger partial charge in [-0.1, -0.05) is 323 Å². The fourth-order valence-corrected chi connectivity index (χ4v) is 19.1. The van der Waals surface area contributed by atoms with Gasteiger partial charge in [0.1, 0.15) is 5.58 Å². The zero-order valence-electron chi connectivity index (χ0n) is 59.9. The Morgan fingerprint density at radius 1 is 0.264 bits per heavy atom. The normalized spacial score (nSPS) is 12.9. The molecule has 0 saturated heterocycles. The van der Waals surface area contributed by atoms with Crippen molar-refractivity contribution in [2.24, 2.45) is 0 Å². The fourth-order valence-electron chi connectivity index (χ4n) is 19.1. The fraction of sp³-hybridized carbons (Fsp3) is 0.0291. The number of nitrogens with zero attached hydrogens (tertiary/aromatic N) is 6. The van der Waals surface area contributed by atoms with Gasteiger partial charge in [0, 0.05) is 70.6 Å². The summed E-state index contributed by atoms with van der Waals surface area (Å²) in [6.07, 6.45) is 0. The van der Waals surface area contributed by atoms with Gasteiger partial charge in [0.15, 0.2) is 0 Å². The molecule has 0 bridgehead atoms. The van der Waals surface area contributed by atoms with Crippen molar-refractivity contribution in [2.45, 2.75) is 19.3 Å². The van der Waals surface area contributed by atoms with Crippen molar-refractivity contribution in [2.75, 3.05) is 0 Å². The highest BCUT2D eigenvalue weighted by atomic mass is 16.3. The summed E-state index contributed by atoms with van der Waals surface area (Å²) < 4.78 is 11.5. The van der Waals surface area contributed by atoms with Crippen molar-refractivity contribution < 1.29 is 4.42 Å². The molecule has 7 heteroatoms. The summed E-state index contributed by atoms with van der Waals surface area (Å²) in [7, 11) is 0. The molecule has 7 nitrogen and oxygen atoms in total. The second kappa shape index (κ2) is 22.8. The van der Waals surface area contributed by atoms with Crippen molar-refractivity contribution in [3.8, 4) is 78.9 Å². The Morgan fingerprint density at radius 2 is 0.655 bits per heavy atom. The first-order chi connectivity index (χ1) is 54.3. The predicted molar refractivity (Wildman–Crippen MR) is 458 cm³/mol. The lowest BCUT2D eigenvalue weighted by Crippen LogP contribution is -2.18. The monoisotopic (exact) mass is 1400 g/mol. The number of rotatable bonds is 7. The van der Waals surface area contributed by atoms with Crippen LogP contribution < -0.4 is 0 Å². The first-order valence-corrected chi connectivity index (χ1v) is 37.8. The van der Waals surface area contributed by atoms with E-state index in [1.807, 2.05) is 12.1 Å². The molecule has 23 aromatic rings. The van der Waals surface area contributed by atoms with Gasteiger partial charge in [-0.25, -0.2) is 15.0 Å². The van der Waals surface area contributed by atoms with Gasteiger partial charge in [-0.15, -0.1) is 0 Å². The molecule has 1 aliphatic carbocycles. The van der Waals surface area contributed by atoms with E-state index in [-0.39, 0.29) is 0 Å². The molecule has 0 radical (unpaired) electrons. The van der Waals surface area contributed by atoms with Gasteiger partial charge in [0.05, 0.1) is 44.5 Å². The summed E-state index contributed by atoms with van der Waals surface area (Å²) in [6.45, 7) is 4.70. The van der Waals surface area contributed by atoms with E-state index in [2.05, 4.69) is 351 Å². The quantitative estimate of drug-likeness (QED) is 0.149. The summed E-state index contributed by atoms with van der Waals surface area (Å²) in [5.74, 6) is 1.18. The van der Waals surface area contributed by atoms with E-state index in [1.165, 1.54) is 75.6 Å². The lowest BCUT2D eigenvalue weighted by molar-refractivity contribution is 0.632. The number of hydrogen-bond donors (Lipinski definition) is 0. The molecular weight excluding hydrogens is 1340 g/mol. The molecule has 110 heavy (non-hydrogen) atoms. The molecule has 5 heterocycles.